The van der Waals surface area contributed by atoms with Crippen LogP contribution in [0.3, 0.4) is 0 Å². The first-order chi connectivity index (χ1) is 8.86. The van der Waals surface area contributed by atoms with Gasteiger partial charge in [0.25, 0.3) is 0 Å². The van der Waals surface area contributed by atoms with Gasteiger partial charge in [-0.2, -0.15) is 0 Å². The van der Waals surface area contributed by atoms with Crippen molar-refractivity contribution >= 4 is 0 Å². The molecule has 0 aliphatic heterocycles. The monoisotopic (exact) mass is 251 g/mol. The number of ether oxygens (including phenoxy) is 2. The van der Waals surface area contributed by atoms with Crippen molar-refractivity contribution in [2.75, 3.05) is 33.4 Å². The number of hydrogen-bond donors (Lipinski definition) is 1. The normalized spacial score (nSPS) is 10.6. The van der Waals surface area contributed by atoms with Crippen LogP contribution in [0.5, 0.6) is 5.75 Å². The van der Waals surface area contributed by atoms with E-state index in [0.29, 0.717) is 6.61 Å². The summed E-state index contributed by atoms with van der Waals surface area (Å²) in [6.07, 6.45) is 3.66. The van der Waals surface area contributed by atoms with E-state index in [-0.39, 0.29) is 0 Å². The number of aryl methyl sites for hydroxylation is 1. The van der Waals surface area contributed by atoms with E-state index < -0.39 is 0 Å². The summed E-state index contributed by atoms with van der Waals surface area (Å²) >= 11 is 0. The first kappa shape index (κ1) is 15.0. The molecule has 102 valence electrons. The van der Waals surface area contributed by atoms with Gasteiger partial charge in [0, 0.05) is 20.2 Å². The molecule has 1 rings (SSSR count). The molecule has 0 radical (unpaired) electrons. The number of nitrogens with one attached hydrogen (secondary N) is 1. The summed E-state index contributed by atoms with van der Waals surface area (Å²) in [4.78, 5) is 0. The lowest BCUT2D eigenvalue weighted by Gasteiger charge is -2.08. The summed E-state index contributed by atoms with van der Waals surface area (Å²) in [6.45, 7) is 5.37. The first-order valence-corrected chi connectivity index (χ1v) is 6.78. The molecule has 0 amide bonds. The van der Waals surface area contributed by atoms with Crippen LogP contribution >= 0.6 is 0 Å². The van der Waals surface area contributed by atoms with E-state index in [1.807, 2.05) is 0 Å². The SMILES string of the molecule is CCCCc1ccc(OCCNCCOC)cc1. The molecule has 0 heterocycles. The molecule has 0 aliphatic carbocycles. The van der Waals surface area contributed by atoms with Crippen LogP contribution in [0.1, 0.15) is 25.3 Å². The Morgan fingerprint density at radius 2 is 1.78 bits per heavy atom. The van der Waals surface area contributed by atoms with Gasteiger partial charge in [0.05, 0.1) is 6.61 Å². The molecule has 1 N–H and O–H groups in total. The Morgan fingerprint density at radius 3 is 2.44 bits per heavy atom. The summed E-state index contributed by atoms with van der Waals surface area (Å²) < 4.78 is 10.6. The zero-order valence-corrected chi connectivity index (χ0v) is 11.6. The lowest BCUT2D eigenvalue weighted by atomic mass is 10.1. The van der Waals surface area contributed by atoms with Crippen LogP contribution in [0.15, 0.2) is 24.3 Å². The molecule has 0 saturated carbocycles. The van der Waals surface area contributed by atoms with Gasteiger partial charge < -0.3 is 14.8 Å². The predicted molar refractivity (Wildman–Crippen MR) is 75.3 cm³/mol. The number of unbranched alkanes of at least 4 members (excludes halogenated alkanes) is 1. The molecule has 0 saturated heterocycles. The van der Waals surface area contributed by atoms with Crippen molar-refractivity contribution in [1.82, 2.24) is 5.32 Å². The molecule has 0 fully saturated rings. The second-order valence-electron chi connectivity index (χ2n) is 4.34. The summed E-state index contributed by atoms with van der Waals surface area (Å²) in [7, 11) is 1.71. The van der Waals surface area contributed by atoms with Crippen molar-refractivity contribution in [3.8, 4) is 5.75 Å². The topological polar surface area (TPSA) is 30.5 Å². The van der Waals surface area contributed by atoms with Gasteiger partial charge >= 0.3 is 0 Å². The molecule has 0 atom stereocenters. The zero-order chi connectivity index (χ0) is 13.1. The van der Waals surface area contributed by atoms with Crippen LogP contribution in [-0.2, 0) is 11.2 Å². The fourth-order valence-corrected chi connectivity index (χ4v) is 1.67. The van der Waals surface area contributed by atoms with Gasteiger partial charge in [-0.25, -0.2) is 0 Å². The van der Waals surface area contributed by atoms with E-state index >= 15 is 0 Å². The second-order valence-corrected chi connectivity index (χ2v) is 4.34. The number of rotatable bonds is 10. The van der Waals surface area contributed by atoms with Crippen molar-refractivity contribution in [2.45, 2.75) is 26.2 Å². The minimum atomic E-state index is 0.692. The van der Waals surface area contributed by atoms with Crippen LogP contribution in [0.4, 0.5) is 0 Å². The Morgan fingerprint density at radius 1 is 1.06 bits per heavy atom. The Bertz CT molecular complexity index is 298. The fraction of sp³-hybridized carbons (Fsp3) is 0.600. The molecule has 3 nitrogen and oxygen atoms in total. The summed E-state index contributed by atoms with van der Waals surface area (Å²) in [5, 5.41) is 3.25. The summed E-state index contributed by atoms with van der Waals surface area (Å²) in [6, 6.07) is 8.42. The maximum absolute atomic E-state index is 5.64. The molecule has 0 bridgehead atoms. The Labute approximate surface area is 110 Å². The van der Waals surface area contributed by atoms with Crippen LogP contribution in [-0.4, -0.2) is 33.4 Å². The quantitative estimate of drug-likeness (QED) is 0.648. The highest BCUT2D eigenvalue weighted by molar-refractivity contribution is 5.27. The van der Waals surface area contributed by atoms with Crippen molar-refractivity contribution in [3.05, 3.63) is 29.8 Å². The van der Waals surface area contributed by atoms with Gasteiger partial charge in [-0.15, -0.1) is 0 Å². The third-order valence-electron chi connectivity index (χ3n) is 2.77. The molecule has 18 heavy (non-hydrogen) atoms. The average molecular weight is 251 g/mol. The Balaban J connectivity index is 2.14. The lowest BCUT2D eigenvalue weighted by Crippen LogP contribution is -2.24. The molecule has 1 aromatic rings. The highest BCUT2D eigenvalue weighted by Crippen LogP contribution is 2.13. The molecular weight excluding hydrogens is 226 g/mol. The summed E-state index contributed by atoms with van der Waals surface area (Å²) in [5.41, 5.74) is 1.39. The van der Waals surface area contributed by atoms with Gasteiger partial charge in [-0.3, -0.25) is 0 Å². The highest BCUT2D eigenvalue weighted by Gasteiger charge is 1.95. The van der Waals surface area contributed by atoms with E-state index in [2.05, 4.69) is 36.5 Å². The number of benzene rings is 1. The highest BCUT2D eigenvalue weighted by atomic mass is 16.5. The minimum absolute atomic E-state index is 0.692. The van der Waals surface area contributed by atoms with Crippen LogP contribution < -0.4 is 10.1 Å². The fourth-order valence-electron chi connectivity index (χ4n) is 1.67. The van der Waals surface area contributed by atoms with Crippen LogP contribution in [0, 0.1) is 0 Å². The van der Waals surface area contributed by atoms with Crippen molar-refractivity contribution in [2.24, 2.45) is 0 Å². The second kappa shape index (κ2) is 9.92. The molecule has 3 heteroatoms. The number of methoxy groups -OCH3 is 1. The maximum Gasteiger partial charge on any atom is 0.119 e. The smallest absolute Gasteiger partial charge is 0.119 e. The molecule has 0 aliphatic rings. The largest absolute Gasteiger partial charge is 0.492 e. The Hall–Kier alpha value is -1.06. The molecule has 1 aromatic carbocycles. The van der Waals surface area contributed by atoms with Crippen molar-refractivity contribution in [3.63, 3.8) is 0 Å². The molecule has 0 aromatic heterocycles. The van der Waals surface area contributed by atoms with Gasteiger partial charge in [0.15, 0.2) is 0 Å². The van der Waals surface area contributed by atoms with Crippen molar-refractivity contribution in [1.29, 1.82) is 0 Å². The standard InChI is InChI=1S/C15H25NO2/c1-3-4-5-14-6-8-15(9-7-14)18-13-11-16-10-12-17-2/h6-9,16H,3-5,10-13H2,1-2H3. The van der Waals surface area contributed by atoms with E-state index in [1.165, 1.54) is 18.4 Å². The number of hydrogen-bond acceptors (Lipinski definition) is 3. The predicted octanol–water partition coefficient (Wildman–Crippen LogP) is 2.64. The average Bonchev–Trinajstić information content (AvgIpc) is 2.42. The van der Waals surface area contributed by atoms with Gasteiger partial charge in [0.1, 0.15) is 12.4 Å². The molecular formula is C15H25NO2. The third-order valence-corrected chi connectivity index (χ3v) is 2.77. The van der Waals surface area contributed by atoms with Gasteiger partial charge in [-0.1, -0.05) is 25.5 Å². The zero-order valence-electron chi connectivity index (χ0n) is 11.6. The van der Waals surface area contributed by atoms with Gasteiger partial charge in [0.2, 0.25) is 0 Å². The van der Waals surface area contributed by atoms with E-state index in [0.717, 1.165) is 31.9 Å². The molecule has 0 unspecified atom stereocenters. The third kappa shape index (κ3) is 6.62. The molecule has 0 spiro atoms. The Kier molecular flexibility index (Phi) is 8.26. The minimum Gasteiger partial charge on any atom is -0.492 e. The van der Waals surface area contributed by atoms with E-state index in [9.17, 15) is 0 Å². The van der Waals surface area contributed by atoms with Crippen LogP contribution in [0.2, 0.25) is 0 Å². The van der Waals surface area contributed by atoms with Gasteiger partial charge in [-0.05, 0) is 30.5 Å². The lowest BCUT2D eigenvalue weighted by molar-refractivity contribution is 0.197. The van der Waals surface area contributed by atoms with E-state index in [4.69, 9.17) is 9.47 Å². The van der Waals surface area contributed by atoms with Crippen molar-refractivity contribution < 1.29 is 9.47 Å². The maximum atomic E-state index is 5.64. The first-order valence-electron chi connectivity index (χ1n) is 6.78. The van der Waals surface area contributed by atoms with Crippen LogP contribution in [0.25, 0.3) is 0 Å². The summed E-state index contributed by atoms with van der Waals surface area (Å²) in [5.74, 6) is 0.948. The van der Waals surface area contributed by atoms with E-state index in [1.54, 1.807) is 7.11 Å².